The molecule has 0 bridgehead atoms. The van der Waals surface area contributed by atoms with Crippen LogP contribution in [0.25, 0.3) is 0 Å². The quantitative estimate of drug-likeness (QED) is 0.781. The number of amides is 1. The van der Waals surface area contributed by atoms with Crippen molar-refractivity contribution in [2.75, 3.05) is 14.1 Å². The molecule has 1 heterocycles. The SMILES string of the molecule is CN(C)C(=O)c1ccc(Oc2ccccc2I)nn1. The molecule has 0 N–H and O–H groups in total. The smallest absolute Gasteiger partial charge is 0.273 e. The second-order valence-corrected chi connectivity index (χ2v) is 5.15. The Labute approximate surface area is 124 Å². The lowest BCUT2D eigenvalue weighted by Crippen LogP contribution is -2.23. The standard InChI is InChI=1S/C13H12IN3O2/c1-17(2)13(18)10-7-8-12(16-15-10)19-11-6-4-3-5-9(11)14/h3-8H,1-2H3. The number of rotatable bonds is 3. The lowest BCUT2D eigenvalue weighted by Gasteiger charge is -2.09. The molecule has 0 saturated carbocycles. The first kappa shape index (κ1) is 13.7. The Morgan fingerprint density at radius 1 is 1.16 bits per heavy atom. The molecule has 1 amide bonds. The summed E-state index contributed by atoms with van der Waals surface area (Å²) >= 11 is 2.18. The van der Waals surface area contributed by atoms with Crippen LogP contribution >= 0.6 is 22.6 Å². The van der Waals surface area contributed by atoms with Crippen molar-refractivity contribution in [1.29, 1.82) is 0 Å². The van der Waals surface area contributed by atoms with Gasteiger partial charge in [0.05, 0.1) is 3.57 Å². The zero-order chi connectivity index (χ0) is 13.8. The summed E-state index contributed by atoms with van der Waals surface area (Å²) in [6.45, 7) is 0. The number of aromatic nitrogens is 2. The van der Waals surface area contributed by atoms with E-state index in [4.69, 9.17) is 4.74 Å². The average Bonchev–Trinajstić information content (AvgIpc) is 2.41. The van der Waals surface area contributed by atoms with Crippen molar-refractivity contribution < 1.29 is 9.53 Å². The van der Waals surface area contributed by atoms with Crippen LogP contribution in [0.1, 0.15) is 10.5 Å². The minimum Gasteiger partial charge on any atom is -0.436 e. The molecule has 0 radical (unpaired) electrons. The fourth-order valence-corrected chi connectivity index (χ4v) is 1.86. The third-order valence-electron chi connectivity index (χ3n) is 2.32. The van der Waals surface area contributed by atoms with Gasteiger partial charge >= 0.3 is 0 Å². The maximum Gasteiger partial charge on any atom is 0.273 e. The molecule has 0 aliphatic carbocycles. The number of ether oxygens (including phenoxy) is 1. The van der Waals surface area contributed by atoms with E-state index in [1.165, 1.54) is 4.90 Å². The Balaban J connectivity index is 2.16. The molecule has 0 saturated heterocycles. The van der Waals surface area contributed by atoms with Gasteiger partial charge in [-0.1, -0.05) is 12.1 Å². The van der Waals surface area contributed by atoms with Crippen molar-refractivity contribution >= 4 is 28.5 Å². The fraction of sp³-hybridized carbons (Fsp3) is 0.154. The zero-order valence-corrected chi connectivity index (χ0v) is 12.7. The number of hydrogen-bond acceptors (Lipinski definition) is 4. The second-order valence-electron chi connectivity index (χ2n) is 3.99. The van der Waals surface area contributed by atoms with Gasteiger partial charge in [0.1, 0.15) is 5.75 Å². The molecule has 6 heteroatoms. The van der Waals surface area contributed by atoms with Crippen molar-refractivity contribution in [3.05, 3.63) is 45.7 Å². The van der Waals surface area contributed by atoms with Crippen molar-refractivity contribution in [1.82, 2.24) is 15.1 Å². The molecule has 0 aliphatic heterocycles. The van der Waals surface area contributed by atoms with Gasteiger partial charge in [0.15, 0.2) is 5.69 Å². The highest BCUT2D eigenvalue weighted by atomic mass is 127. The van der Waals surface area contributed by atoms with E-state index in [0.717, 1.165) is 3.57 Å². The Morgan fingerprint density at radius 3 is 2.47 bits per heavy atom. The second kappa shape index (κ2) is 5.96. The topological polar surface area (TPSA) is 55.3 Å². The first-order valence-electron chi connectivity index (χ1n) is 5.55. The number of carbonyl (C=O) groups excluding carboxylic acids is 1. The molecule has 2 aromatic rings. The largest absolute Gasteiger partial charge is 0.436 e. The number of hydrogen-bond donors (Lipinski definition) is 0. The molecule has 2 rings (SSSR count). The van der Waals surface area contributed by atoms with E-state index in [1.54, 1.807) is 26.2 Å². The van der Waals surface area contributed by atoms with Crippen LogP contribution in [0, 0.1) is 3.57 Å². The summed E-state index contributed by atoms with van der Waals surface area (Å²) in [5.41, 5.74) is 0.292. The third-order valence-corrected chi connectivity index (χ3v) is 3.21. The molecule has 0 aliphatic rings. The minimum absolute atomic E-state index is 0.187. The first-order valence-corrected chi connectivity index (χ1v) is 6.63. The summed E-state index contributed by atoms with van der Waals surface area (Å²) in [5.74, 6) is 0.886. The van der Waals surface area contributed by atoms with Crippen molar-refractivity contribution in [3.8, 4) is 11.6 Å². The molecular weight excluding hydrogens is 357 g/mol. The Hall–Kier alpha value is -1.70. The molecule has 0 unspecified atom stereocenters. The van der Waals surface area contributed by atoms with Gasteiger partial charge in [-0.25, -0.2) is 0 Å². The monoisotopic (exact) mass is 369 g/mol. The number of benzene rings is 1. The van der Waals surface area contributed by atoms with Crippen LogP contribution in [0.3, 0.4) is 0 Å². The van der Waals surface area contributed by atoms with E-state index >= 15 is 0 Å². The third kappa shape index (κ3) is 3.40. The van der Waals surface area contributed by atoms with E-state index in [9.17, 15) is 4.79 Å². The highest BCUT2D eigenvalue weighted by Gasteiger charge is 2.11. The highest BCUT2D eigenvalue weighted by Crippen LogP contribution is 2.24. The summed E-state index contributed by atoms with van der Waals surface area (Å²) in [6, 6.07) is 10.8. The van der Waals surface area contributed by atoms with E-state index in [2.05, 4.69) is 32.8 Å². The molecule has 0 spiro atoms. The summed E-state index contributed by atoms with van der Waals surface area (Å²) in [7, 11) is 3.33. The first-order chi connectivity index (χ1) is 9.08. The van der Waals surface area contributed by atoms with Gasteiger partial charge in [0.2, 0.25) is 5.88 Å². The molecular formula is C13H12IN3O2. The van der Waals surface area contributed by atoms with Gasteiger partial charge in [-0.3, -0.25) is 4.79 Å². The van der Waals surface area contributed by atoms with Gasteiger partial charge in [-0.05, 0) is 40.8 Å². The van der Waals surface area contributed by atoms with Gasteiger partial charge < -0.3 is 9.64 Å². The summed E-state index contributed by atoms with van der Waals surface area (Å²) in [5, 5.41) is 7.75. The number of nitrogens with zero attached hydrogens (tertiary/aromatic N) is 3. The van der Waals surface area contributed by atoms with Crippen molar-refractivity contribution in [2.24, 2.45) is 0 Å². The summed E-state index contributed by atoms with van der Waals surface area (Å²) in [6.07, 6.45) is 0. The van der Waals surface area contributed by atoms with Crippen LogP contribution < -0.4 is 4.74 Å². The van der Waals surface area contributed by atoms with Crippen molar-refractivity contribution in [3.63, 3.8) is 0 Å². The van der Waals surface area contributed by atoms with E-state index in [1.807, 2.05) is 24.3 Å². The molecule has 0 atom stereocenters. The predicted molar refractivity (Wildman–Crippen MR) is 79.3 cm³/mol. The molecule has 5 nitrogen and oxygen atoms in total. The van der Waals surface area contributed by atoms with Crippen LogP contribution in [-0.4, -0.2) is 35.1 Å². The maximum absolute atomic E-state index is 11.6. The van der Waals surface area contributed by atoms with E-state index < -0.39 is 0 Å². The fourth-order valence-electron chi connectivity index (χ4n) is 1.36. The lowest BCUT2D eigenvalue weighted by atomic mass is 10.3. The molecule has 1 aromatic carbocycles. The van der Waals surface area contributed by atoms with Crippen LogP contribution in [0.15, 0.2) is 36.4 Å². The normalized spacial score (nSPS) is 10.1. The predicted octanol–water partition coefficient (Wildman–Crippen LogP) is 2.58. The van der Waals surface area contributed by atoms with Crippen LogP contribution in [-0.2, 0) is 0 Å². The Kier molecular flexibility index (Phi) is 4.31. The van der Waals surface area contributed by atoms with Crippen LogP contribution in [0.2, 0.25) is 0 Å². The number of para-hydroxylation sites is 1. The lowest BCUT2D eigenvalue weighted by molar-refractivity contribution is 0.0820. The summed E-state index contributed by atoms with van der Waals surface area (Å²) < 4.78 is 6.58. The maximum atomic E-state index is 11.6. The van der Waals surface area contributed by atoms with Gasteiger partial charge in [-0.15, -0.1) is 10.2 Å². The van der Waals surface area contributed by atoms with Gasteiger partial charge in [0, 0.05) is 20.2 Å². The molecule has 1 aromatic heterocycles. The van der Waals surface area contributed by atoms with Crippen molar-refractivity contribution in [2.45, 2.75) is 0 Å². The van der Waals surface area contributed by atoms with Crippen LogP contribution in [0.4, 0.5) is 0 Å². The molecule has 98 valence electrons. The Bertz CT molecular complexity index is 585. The minimum atomic E-state index is -0.187. The summed E-state index contributed by atoms with van der Waals surface area (Å²) in [4.78, 5) is 13.1. The Morgan fingerprint density at radius 2 is 1.89 bits per heavy atom. The van der Waals surface area contributed by atoms with E-state index in [-0.39, 0.29) is 5.91 Å². The number of halogens is 1. The highest BCUT2D eigenvalue weighted by molar-refractivity contribution is 14.1. The molecule has 19 heavy (non-hydrogen) atoms. The van der Waals surface area contributed by atoms with E-state index in [0.29, 0.717) is 17.3 Å². The van der Waals surface area contributed by atoms with Crippen LogP contribution in [0.5, 0.6) is 11.6 Å². The molecule has 0 fully saturated rings. The number of carbonyl (C=O) groups is 1. The zero-order valence-electron chi connectivity index (χ0n) is 10.5. The van der Waals surface area contributed by atoms with Gasteiger partial charge in [0.25, 0.3) is 5.91 Å². The average molecular weight is 369 g/mol. The van der Waals surface area contributed by atoms with Gasteiger partial charge in [-0.2, -0.15) is 0 Å².